The van der Waals surface area contributed by atoms with Crippen LogP contribution in [-0.2, 0) is 0 Å². The third-order valence-electron chi connectivity index (χ3n) is 2.34. The van der Waals surface area contributed by atoms with Crippen molar-refractivity contribution < 1.29 is 19.4 Å². The summed E-state index contributed by atoms with van der Waals surface area (Å²) in [6.07, 6.45) is 0. The van der Waals surface area contributed by atoms with Crippen molar-refractivity contribution in [1.82, 2.24) is 0 Å². The molecule has 1 rings (SSSR count). The molecule has 0 atom stereocenters. The van der Waals surface area contributed by atoms with Gasteiger partial charge in [0.05, 0.1) is 5.56 Å². The molecule has 17 heavy (non-hydrogen) atoms. The molecular weight excluding hydrogens is 225 g/mol. The molecule has 0 aliphatic carbocycles. The summed E-state index contributed by atoms with van der Waals surface area (Å²) in [4.78, 5) is 10.7. The largest absolute Gasteiger partial charge is 0.478 e. The van der Waals surface area contributed by atoms with Crippen molar-refractivity contribution in [2.75, 3.05) is 18.5 Å². The van der Waals surface area contributed by atoms with E-state index in [4.69, 9.17) is 10.2 Å². The molecule has 0 unspecified atom stereocenters. The molecule has 0 fully saturated rings. The first kappa shape index (κ1) is 13.4. The molecule has 0 bridgehead atoms. The summed E-state index contributed by atoms with van der Waals surface area (Å²) in [5, 5.41) is 20.7. The van der Waals surface area contributed by atoms with Crippen LogP contribution in [0.1, 0.15) is 24.2 Å². The van der Waals surface area contributed by atoms with Crippen molar-refractivity contribution in [2.24, 2.45) is 5.41 Å². The minimum absolute atomic E-state index is 0.0128. The molecule has 1 aromatic carbocycles. The summed E-state index contributed by atoms with van der Waals surface area (Å²) in [6, 6.07) is 3.55. The summed E-state index contributed by atoms with van der Waals surface area (Å²) in [7, 11) is 0. The Balaban J connectivity index is 2.81. The van der Waals surface area contributed by atoms with E-state index in [0.717, 1.165) is 6.07 Å². The number of carboxylic acids is 1. The van der Waals surface area contributed by atoms with Crippen LogP contribution in [0.2, 0.25) is 0 Å². The second-order valence-corrected chi connectivity index (χ2v) is 4.71. The molecule has 0 aliphatic rings. The number of aliphatic hydroxyl groups excluding tert-OH is 1. The number of carbonyl (C=O) groups is 1. The number of aliphatic hydroxyl groups is 1. The average molecular weight is 241 g/mol. The third-order valence-corrected chi connectivity index (χ3v) is 2.34. The van der Waals surface area contributed by atoms with Crippen LogP contribution >= 0.6 is 0 Å². The molecule has 0 aliphatic heterocycles. The minimum atomic E-state index is -1.17. The van der Waals surface area contributed by atoms with Gasteiger partial charge in [-0.3, -0.25) is 0 Å². The Bertz CT molecular complexity index is 418. The summed E-state index contributed by atoms with van der Waals surface area (Å²) >= 11 is 0. The fraction of sp³-hybridized carbons (Fsp3) is 0.417. The molecule has 0 aromatic heterocycles. The summed E-state index contributed by atoms with van der Waals surface area (Å²) < 4.78 is 13.1. The molecule has 0 saturated heterocycles. The van der Waals surface area contributed by atoms with Gasteiger partial charge in [-0.1, -0.05) is 13.8 Å². The standard InChI is InChI=1S/C12H16FNO3/c1-12(2,7-15)6-14-10-4-8(11(16)17)3-9(13)5-10/h3-5,14-15H,6-7H2,1-2H3,(H,16,17). The Morgan fingerprint density at radius 1 is 1.41 bits per heavy atom. The number of carboxylic acid groups (broad SMARTS) is 1. The van der Waals surface area contributed by atoms with Crippen LogP contribution in [0.4, 0.5) is 10.1 Å². The highest BCUT2D eigenvalue weighted by Gasteiger charge is 2.16. The Morgan fingerprint density at radius 2 is 2.06 bits per heavy atom. The first-order chi connectivity index (χ1) is 7.84. The smallest absolute Gasteiger partial charge is 0.335 e. The topological polar surface area (TPSA) is 69.6 Å². The van der Waals surface area contributed by atoms with Gasteiger partial charge in [0.1, 0.15) is 5.82 Å². The highest BCUT2D eigenvalue weighted by Crippen LogP contribution is 2.18. The van der Waals surface area contributed by atoms with Crippen molar-refractivity contribution >= 4 is 11.7 Å². The maximum absolute atomic E-state index is 13.1. The van der Waals surface area contributed by atoms with Gasteiger partial charge in [0.15, 0.2) is 0 Å². The monoisotopic (exact) mass is 241 g/mol. The minimum Gasteiger partial charge on any atom is -0.478 e. The zero-order valence-electron chi connectivity index (χ0n) is 9.83. The second-order valence-electron chi connectivity index (χ2n) is 4.71. The number of rotatable bonds is 5. The van der Waals surface area contributed by atoms with Crippen LogP contribution in [0.15, 0.2) is 18.2 Å². The zero-order chi connectivity index (χ0) is 13.1. The SMILES string of the molecule is CC(C)(CO)CNc1cc(F)cc(C(=O)O)c1. The van der Waals surface area contributed by atoms with E-state index in [-0.39, 0.29) is 17.6 Å². The molecule has 5 heteroatoms. The average Bonchev–Trinajstić information content (AvgIpc) is 2.26. The Hall–Kier alpha value is -1.62. The van der Waals surface area contributed by atoms with E-state index >= 15 is 0 Å². The molecular formula is C12H16FNO3. The maximum atomic E-state index is 13.1. The zero-order valence-corrected chi connectivity index (χ0v) is 9.83. The predicted octanol–water partition coefficient (Wildman–Crippen LogP) is 1.95. The van der Waals surface area contributed by atoms with Crippen LogP contribution in [0.5, 0.6) is 0 Å². The quantitative estimate of drug-likeness (QED) is 0.737. The van der Waals surface area contributed by atoms with Gasteiger partial charge in [0.2, 0.25) is 0 Å². The van der Waals surface area contributed by atoms with Gasteiger partial charge in [-0.15, -0.1) is 0 Å². The first-order valence-electron chi connectivity index (χ1n) is 5.23. The van der Waals surface area contributed by atoms with Gasteiger partial charge >= 0.3 is 5.97 Å². The molecule has 0 amide bonds. The fourth-order valence-corrected chi connectivity index (χ4v) is 1.21. The summed E-state index contributed by atoms with van der Waals surface area (Å²) in [6.45, 7) is 4.10. The van der Waals surface area contributed by atoms with Gasteiger partial charge in [-0.25, -0.2) is 9.18 Å². The molecule has 3 N–H and O–H groups in total. The van der Waals surface area contributed by atoms with Gasteiger partial charge in [-0.2, -0.15) is 0 Å². The molecule has 94 valence electrons. The fourth-order valence-electron chi connectivity index (χ4n) is 1.21. The summed E-state index contributed by atoms with van der Waals surface area (Å²) in [5.74, 6) is -1.77. The van der Waals surface area contributed by atoms with Crippen molar-refractivity contribution in [3.63, 3.8) is 0 Å². The molecule has 1 aromatic rings. The lowest BCUT2D eigenvalue weighted by Gasteiger charge is -2.22. The van der Waals surface area contributed by atoms with Gasteiger partial charge < -0.3 is 15.5 Å². The summed E-state index contributed by atoms with van der Waals surface area (Å²) in [5.41, 5.74) is -0.0615. The lowest BCUT2D eigenvalue weighted by Crippen LogP contribution is -2.26. The van der Waals surface area contributed by atoms with Crippen LogP contribution in [-0.4, -0.2) is 29.3 Å². The normalized spacial score (nSPS) is 11.3. The van der Waals surface area contributed by atoms with Crippen LogP contribution < -0.4 is 5.32 Å². The van der Waals surface area contributed by atoms with E-state index in [1.165, 1.54) is 12.1 Å². The number of halogens is 1. The molecule has 4 nitrogen and oxygen atoms in total. The predicted molar refractivity (Wildman–Crippen MR) is 62.7 cm³/mol. The number of nitrogens with one attached hydrogen (secondary N) is 1. The highest BCUT2D eigenvalue weighted by atomic mass is 19.1. The van der Waals surface area contributed by atoms with E-state index in [1.807, 2.05) is 13.8 Å². The third kappa shape index (κ3) is 4.03. The molecule has 0 heterocycles. The van der Waals surface area contributed by atoms with Gasteiger partial charge in [-0.05, 0) is 18.2 Å². The lowest BCUT2D eigenvalue weighted by molar-refractivity contribution is 0.0696. The number of aromatic carboxylic acids is 1. The Kier molecular flexibility index (Phi) is 4.07. The number of hydrogen-bond acceptors (Lipinski definition) is 3. The molecule has 0 radical (unpaired) electrons. The number of anilines is 1. The van der Waals surface area contributed by atoms with Crippen LogP contribution in [0.3, 0.4) is 0 Å². The van der Waals surface area contributed by atoms with E-state index in [2.05, 4.69) is 5.32 Å². The molecule has 0 saturated carbocycles. The van der Waals surface area contributed by atoms with E-state index in [0.29, 0.717) is 12.2 Å². The van der Waals surface area contributed by atoms with Crippen molar-refractivity contribution in [3.8, 4) is 0 Å². The number of benzene rings is 1. The highest BCUT2D eigenvalue weighted by molar-refractivity contribution is 5.88. The van der Waals surface area contributed by atoms with Crippen LogP contribution in [0, 0.1) is 11.2 Å². The van der Waals surface area contributed by atoms with Crippen LogP contribution in [0.25, 0.3) is 0 Å². The first-order valence-corrected chi connectivity index (χ1v) is 5.23. The lowest BCUT2D eigenvalue weighted by atomic mass is 9.95. The number of hydrogen-bond donors (Lipinski definition) is 3. The Morgan fingerprint density at radius 3 is 2.59 bits per heavy atom. The van der Waals surface area contributed by atoms with E-state index in [9.17, 15) is 9.18 Å². The molecule has 0 spiro atoms. The van der Waals surface area contributed by atoms with E-state index in [1.54, 1.807) is 0 Å². The second kappa shape index (κ2) is 5.14. The van der Waals surface area contributed by atoms with Gasteiger partial charge in [0.25, 0.3) is 0 Å². The Labute approximate surface area is 99.1 Å². The van der Waals surface area contributed by atoms with E-state index < -0.39 is 11.8 Å². The van der Waals surface area contributed by atoms with Crippen molar-refractivity contribution in [2.45, 2.75) is 13.8 Å². The maximum Gasteiger partial charge on any atom is 0.335 e. The van der Waals surface area contributed by atoms with Crippen molar-refractivity contribution in [3.05, 3.63) is 29.6 Å². The van der Waals surface area contributed by atoms with Crippen molar-refractivity contribution in [1.29, 1.82) is 0 Å². The van der Waals surface area contributed by atoms with Gasteiger partial charge in [0, 0.05) is 24.3 Å².